The van der Waals surface area contributed by atoms with Crippen molar-refractivity contribution in [3.05, 3.63) is 30.1 Å². The molecule has 0 atom stereocenters. The predicted octanol–water partition coefficient (Wildman–Crippen LogP) is 3.33. The number of pyridine rings is 1. The highest BCUT2D eigenvalue weighted by Crippen LogP contribution is 2.07. The molecule has 1 aromatic rings. The zero-order chi connectivity index (χ0) is 12.3. The Morgan fingerprint density at radius 2 is 1.76 bits per heavy atom. The van der Waals surface area contributed by atoms with Gasteiger partial charge in [-0.3, -0.25) is 4.84 Å². The number of aryl methyl sites for hydroxylation is 1. The Morgan fingerprint density at radius 1 is 1.00 bits per heavy atom. The Kier molecular flexibility index (Phi) is 7.44. The standard InChI is InChI=1S/C15H26NO/c1-3-5-6-7-8-9-12-15-13-10-11-14-16(15)17-4-2/h10-11,13-14H,3-9,12H2,1-2H3/q+1. The van der Waals surface area contributed by atoms with Gasteiger partial charge in [0.15, 0.2) is 6.61 Å². The number of nitrogens with zero attached hydrogens (tertiary/aromatic N) is 1. The molecule has 0 fully saturated rings. The van der Waals surface area contributed by atoms with Crippen LogP contribution in [0.25, 0.3) is 0 Å². The second-order valence-corrected chi connectivity index (χ2v) is 4.45. The molecule has 0 aliphatic rings. The molecular weight excluding hydrogens is 210 g/mol. The molecule has 2 heteroatoms. The summed E-state index contributed by atoms with van der Waals surface area (Å²) >= 11 is 0. The van der Waals surface area contributed by atoms with Gasteiger partial charge in [0.25, 0.3) is 0 Å². The van der Waals surface area contributed by atoms with Crippen LogP contribution >= 0.6 is 0 Å². The fourth-order valence-corrected chi connectivity index (χ4v) is 2.01. The van der Waals surface area contributed by atoms with Crippen molar-refractivity contribution < 1.29 is 9.57 Å². The van der Waals surface area contributed by atoms with Gasteiger partial charge in [-0.25, -0.2) is 0 Å². The molecular formula is C15H26NO+. The Hall–Kier alpha value is -1.05. The highest BCUT2D eigenvalue weighted by molar-refractivity contribution is 4.96. The number of unbranched alkanes of at least 4 members (excludes halogenated alkanes) is 5. The second kappa shape index (κ2) is 9.03. The number of hydrogen-bond acceptors (Lipinski definition) is 1. The maximum absolute atomic E-state index is 5.55. The van der Waals surface area contributed by atoms with E-state index in [1.807, 2.05) is 23.9 Å². The second-order valence-electron chi connectivity index (χ2n) is 4.45. The summed E-state index contributed by atoms with van der Waals surface area (Å²) in [4.78, 5) is 5.55. The quantitative estimate of drug-likeness (QED) is 0.473. The Bertz CT molecular complexity index is 299. The van der Waals surface area contributed by atoms with Gasteiger partial charge in [-0.15, -0.1) is 0 Å². The summed E-state index contributed by atoms with van der Waals surface area (Å²) in [5.74, 6) is 0. The van der Waals surface area contributed by atoms with E-state index in [-0.39, 0.29) is 0 Å². The van der Waals surface area contributed by atoms with Crippen molar-refractivity contribution in [2.45, 2.75) is 58.8 Å². The third-order valence-electron chi connectivity index (χ3n) is 2.96. The first-order valence-corrected chi connectivity index (χ1v) is 7.01. The minimum atomic E-state index is 0.720. The minimum absolute atomic E-state index is 0.720. The molecule has 2 nitrogen and oxygen atoms in total. The normalized spacial score (nSPS) is 10.5. The summed E-state index contributed by atoms with van der Waals surface area (Å²) in [7, 11) is 0. The molecule has 0 amide bonds. The lowest BCUT2D eigenvalue weighted by Gasteiger charge is -2.02. The van der Waals surface area contributed by atoms with Gasteiger partial charge in [-0.05, 0) is 19.4 Å². The third-order valence-corrected chi connectivity index (χ3v) is 2.96. The maximum atomic E-state index is 5.55. The van der Waals surface area contributed by atoms with Gasteiger partial charge in [0.05, 0.1) is 0 Å². The average molecular weight is 236 g/mol. The van der Waals surface area contributed by atoms with Crippen molar-refractivity contribution in [3.63, 3.8) is 0 Å². The molecule has 1 rings (SSSR count). The predicted molar refractivity (Wildman–Crippen MR) is 70.8 cm³/mol. The van der Waals surface area contributed by atoms with E-state index in [9.17, 15) is 0 Å². The first kappa shape index (κ1) is 14.0. The number of rotatable bonds is 9. The smallest absolute Gasteiger partial charge is 0.234 e. The molecule has 0 aromatic carbocycles. The van der Waals surface area contributed by atoms with Crippen LogP contribution in [0.4, 0.5) is 0 Å². The molecule has 1 heterocycles. The first-order valence-electron chi connectivity index (χ1n) is 7.01. The van der Waals surface area contributed by atoms with Gasteiger partial charge in [-0.2, -0.15) is 0 Å². The fourth-order valence-electron chi connectivity index (χ4n) is 2.01. The van der Waals surface area contributed by atoms with Crippen molar-refractivity contribution in [1.82, 2.24) is 0 Å². The third kappa shape index (κ3) is 5.71. The maximum Gasteiger partial charge on any atom is 0.234 e. The van der Waals surface area contributed by atoms with Crippen LogP contribution in [0.1, 0.15) is 58.1 Å². The van der Waals surface area contributed by atoms with E-state index in [4.69, 9.17) is 4.84 Å². The number of aromatic nitrogens is 1. The van der Waals surface area contributed by atoms with Crippen molar-refractivity contribution in [3.8, 4) is 0 Å². The van der Waals surface area contributed by atoms with Crippen molar-refractivity contribution in [2.24, 2.45) is 0 Å². The topological polar surface area (TPSA) is 13.1 Å². The van der Waals surface area contributed by atoms with Crippen molar-refractivity contribution in [2.75, 3.05) is 6.61 Å². The van der Waals surface area contributed by atoms with Crippen LogP contribution in [0.15, 0.2) is 24.4 Å². The van der Waals surface area contributed by atoms with Gasteiger partial charge in [0, 0.05) is 23.3 Å². The molecule has 0 saturated carbocycles. The van der Waals surface area contributed by atoms with Gasteiger partial charge in [0.2, 0.25) is 11.9 Å². The van der Waals surface area contributed by atoms with E-state index < -0.39 is 0 Å². The molecule has 0 spiro atoms. The van der Waals surface area contributed by atoms with Gasteiger partial charge in [0.1, 0.15) is 0 Å². The highest BCUT2D eigenvalue weighted by atomic mass is 16.7. The van der Waals surface area contributed by atoms with Crippen molar-refractivity contribution >= 4 is 0 Å². The van der Waals surface area contributed by atoms with Crippen LogP contribution < -0.4 is 9.57 Å². The average Bonchev–Trinajstić information content (AvgIpc) is 2.36. The van der Waals surface area contributed by atoms with Gasteiger partial charge >= 0.3 is 0 Å². The molecule has 17 heavy (non-hydrogen) atoms. The Morgan fingerprint density at radius 3 is 2.53 bits per heavy atom. The molecule has 0 aliphatic heterocycles. The highest BCUT2D eigenvalue weighted by Gasteiger charge is 2.09. The van der Waals surface area contributed by atoms with Crippen molar-refractivity contribution in [1.29, 1.82) is 0 Å². The van der Waals surface area contributed by atoms with E-state index in [2.05, 4.69) is 19.1 Å². The van der Waals surface area contributed by atoms with Gasteiger partial charge < -0.3 is 0 Å². The summed E-state index contributed by atoms with van der Waals surface area (Å²) in [6.07, 6.45) is 11.2. The van der Waals surface area contributed by atoms with Crippen LogP contribution in [-0.4, -0.2) is 6.61 Å². The van der Waals surface area contributed by atoms with E-state index in [0.717, 1.165) is 13.0 Å². The lowest BCUT2D eigenvalue weighted by atomic mass is 10.1. The van der Waals surface area contributed by atoms with Crippen LogP contribution in [0, 0.1) is 0 Å². The van der Waals surface area contributed by atoms with E-state index >= 15 is 0 Å². The molecule has 0 radical (unpaired) electrons. The van der Waals surface area contributed by atoms with E-state index in [1.54, 1.807) is 0 Å². The van der Waals surface area contributed by atoms with E-state index in [0.29, 0.717) is 0 Å². The zero-order valence-corrected chi connectivity index (χ0v) is 11.3. The molecule has 0 bridgehead atoms. The molecule has 96 valence electrons. The fraction of sp³-hybridized carbons (Fsp3) is 0.667. The largest absolute Gasteiger partial charge is 0.271 e. The van der Waals surface area contributed by atoms with Crippen LogP contribution in [0.3, 0.4) is 0 Å². The lowest BCUT2D eigenvalue weighted by molar-refractivity contribution is -0.895. The Balaban J connectivity index is 2.25. The summed E-state index contributed by atoms with van der Waals surface area (Å²) < 4.78 is 1.91. The molecule has 0 N–H and O–H groups in total. The monoisotopic (exact) mass is 236 g/mol. The SMILES string of the molecule is CCCCCCCCc1cccc[n+]1OCC. The minimum Gasteiger partial charge on any atom is -0.271 e. The Labute approximate surface area is 106 Å². The molecule has 1 aromatic heterocycles. The van der Waals surface area contributed by atoms with Gasteiger partial charge in [-0.1, -0.05) is 39.0 Å². The van der Waals surface area contributed by atoms with Crippen LogP contribution in [-0.2, 0) is 6.42 Å². The molecule has 0 aliphatic carbocycles. The van der Waals surface area contributed by atoms with E-state index in [1.165, 1.54) is 44.2 Å². The summed E-state index contributed by atoms with van der Waals surface area (Å²) in [6, 6.07) is 6.25. The van der Waals surface area contributed by atoms with Crippen LogP contribution in [0.5, 0.6) is 0 Å². The first-order chi connectivity index (χ1) is 8.38. The molecule has 0 saturated heterocycles. The molecule has 0 unspecified atom stereocenters. The number of hydrogen-bond donors (Lipinski definition) is 0. The van der Waals surface area contributed by atoms with Crippen LogP contribution in [0.2, 0.25) is 0 Å². The summed E-state index contributed by atoms with van der Waals surface area (Å²) in [5, 5.41) is 0. The summed E-state index contributed by atoms with van der Waals surface area (Å²) in [5.41, 5.74) is 1.28. The zero-order valence-electron chi connectivity index (χ0n) is 11.3. The lowest BCUT2D eigenvalue weighted by Crippen LogP contribution is -2.45. The summed E-state index contributed by atoms with van der Waals surface area (Å²) in [6.45, 7) is 5.00.